The number of nitrogens with zero attached hydrogens (tertiary/aromatic N) is 1. The number of carbonyl (C=O) groups is 1. The van der Waals surface area contributed by atoms with Gasteiger partial charge in [0, 0.05) is 49.8 Å². The van der Waals surface area contributed by atoms with Gasteiger partial charge in [0.15, 0.2) is 0 Å². The van der Waals surface area contributed by atoms with Crippen LogP contribution in [0.15, 0.2) is 48.5 Å². The van der Waals surface area contributed by atoms with E-state index < -0.39 is 6.10 Å². The van der Waals surface area contributed by atoms with Crippen LogP contribution in [0, 0.1) is 5.82 Å². The van der Waals surface area contributed by atoms with Crippen molar-refractivity contribution >= 4 is 5.91 Å². The van der Waals surface area contributed by atoms with Crippen molar-refractivity contribution in [3.63, 3.8) is 0 Å². The predicted molar refractivity (Wildman–Crippen MR) is 117 cm³/mol. The topological polar surface area (TPSA) is 50.8 Å². The second kappa shape index (κ2) is 9.37. The smallest absolute Gasteiger partial charge is 0.221 e. The molecule has 0 bridgehead atoms. The van der Waals surface area contributed by atoms with Gasteiger partial charge in [-0.1, -0.05) is 36.4 Å². The summed E-state index contributed by atoms with van der Waals surface area (Å²) in [7, 11) is 0. The number of hydrogen-bond donors (Lipinski definition) is 1. The third-order valence-electron chi connectivity index (χ3n) is 6.03. The van der Waals surface area contributed by atoms with Crippen LogP contribution in [-0.4, -0.2) is 42.1 Å². The summed E-state index contributed by atoms with van der Waals surface area (Å²) < 4.78 is 26.4. The van der Waals surface area contributed by atoms with Gasteiger partial charge in [0.1, 0.15) is 17.7 Å². The van der Waals surface area contributed by atoms with Gasteiger partial charge in [0.2, 0.25) is 5.91 Å². The van der Waals surface area contributed by atoms with Gasteiger partial charge in [-0.15, -0.1) is 0 Å². The molecule has 2 atom stereocenters. The Bertz CT molecular complexity index is 917. The minimum Gasteiger partial charge on any atom is -0.484 e. The molecule has 0 spiro atoms. The van der Waals surface area contributed by atoms with Crippen molar-refractivity contribution in [2.24, 2.45) is 0 Å². The summed E-state index contributed by atoms with van der Waals surface area (Å²) in [6, 6.07) is 14.7. The molecule has 1 saturated heterocycles. The lowest BCUT2D eigenvalue weighted by atomic mass is 9.94. The number of benzene rings is 2. The van der Waals surface area contributed by atoms with E-state index in [4.69, 9.17) is 9.47 Å². The summed E-state index contributed by atoms with van der Waals surface area (Å²) in [4.78, 5) is 14.8. The van der Waals surface area contributed by atoms with E-state index in [9.17, 15) is 9.18 Å². The number of fused-ring (bicyclic) bond motifs is 1. The summed E-state index contributed by atoms with van der Waals surface area (Å²) in [6.07, 6.45) is 1.63. The highest BCUT2D eigenvalue weighted by atomic mass is 19.1. The van der Waals surface area contributed by atoms with Gasteiger partial charge in [-0.25, -0.2) is 4.39 Å². The molecule has 0 aromatic heterocycles. The van der Waals surface area contributed by atoms with Crippen LogP contribution in [0.5, 0.6) is 5.75 Å². The first kappa shape index (κ1) is 21.8. The molecule has 2 heterocycles. The van der Waals surface area contributed by atoms with Crippen molar-refractivity contribution in [1.82, 2.24) is 10.2 Å². The molecule has 6 heteroatoms. The van der Waals surface area contributed by atoms with Crippen molar-refractivity contribution < 1.29 is 18.7 Å². The summed E-state index contributed by atoms with van der Waals surface area (Å²) in [5.74, 6) is 0.544. The average molecular weight is 427 g/mol. The molecule has 2 unspecified atom stereocenters. The number of halogens is 1. The fourth-order valence-corrected chi connectivity index (χ4v) is 4.46. The van der Waals surface area contributed by atoms with E-state index in [0.29, 0.717) is 38.2 Å². The Morgan fingerprint density at radius 1 is 1.19 bits per heavy atom. The molecular weight excluding hydrogens is 395 g/mol. The zero-order valence-electron chi connectivity index (χ0n) is 18.3. The van der Waals surface area contributed by atoms with Crippen LogP contribution in [0.3, 0.4) is 0 Å². The largest absolute Gasteiger partial charge is 0.484 e. The van der Waals surface area contributed by atoms with E-state index in [1.807, 2.05) is 30.3 Å². The zero-order valence-corrected chi connectivity index (χ0v) is 18.3. The van der Waals surface area contributed by atoms with Gasteiger partial charge < -0.3 is 14.8 Å². The Hall–Kier alpha value is -2.44. The van der Waals surface area contributed by atoms with Gasteiger partial charge in [0.05, 0.1) is 5.60 Å². The summed E-state index contributed by atoms with van der Waals surface area (Å²) in [6.45, 7) is 6.56. The lowest BCUT2D eigenvalue weighted by molar-refractivity contribution is -0.124. The molecule has 166 valence electrons. The fraction of sp³-hybridized carbons (Fsp3) is 0.480. The van der Waals surface area contributed by atoms with E-state index >= 15 is 0 Å². The molecule has 31 heavy (non-hydrogen) atoms. The quantitative estimate of drug-likeness (QED) is 0.778. The second-order valence-corrected chi connectivity index (χ2v) is 9.09. The zero-order chi connectivity index (χ0) is 21.8. The second-order valence-electron chi connectivity index (χ2n) is 9.09. The van der Waals surface area contributed by atoms with Crippen LogP contribution < -0.4 is 10.1 Å². The first-order valence-electron chi connectivity index (χ1n) is 11.0. The maximum Gasteiger partial charge on any atom is 0.221 e. The number of rotatable bonds is 5. The predicted octanol–water partition coefficient (Wildman–Crippen LogP) is 4.23. The number of carbonyl (C=O) groups excluding carboxylic acids is 1. The van der Waals surface area contributed by atoms with Crippen LogP contribution in [0.2, 0.25) is 0 Å². The Labute approximate surface area is 183 Å². The number of amides is 1. The Kier molecular flexibility index (Phi) is 6.58. The number of para-hydroxylation sites is 1. The lowest BCUT2D eigenvalue weighted by Crippen LogP contribution is -2.46. The van der Waals surface area contributed by atoms with Crippen LogP contribution in [0.25, 0.3) is 0 Å². The Morgan fingerprint density at radius 3 is 2.77 bits per heavy atom. The van der Waals surface area contributed by atoms with Crippen molar-refractivity contribution in [3.8, 4) is 5.75 Å². The fourth-order valence-electron chi connectivity index (χ4n) is 4.46. The molecule has 0 aliphatic carbocycles. The molecule has 1 amide bonds. The molecule has 4 rings (SSSR count). The standard InChI is InChI=1S/C25H31FN2O3/c1-25(2)15-19(12-14-30-25)27-24(29)11-13-28-16-18-7-3-6-10-22(18)31-23(17-28)20-8-4-5-9-21(20)26/h3-10,19,23H,11-17H2,1-2H3,(H,27,29). The highest BCUT2D eigenvalue weighted by molar-refractivity contribution is 5.76. The minimum atomic E-state index is -0.427. The maximum atomic E-state index is 14.5. The van der Waals surface area contributed by atoms with E-state index in [1.165, 1.54) is 6.07 Å². The van der Waals surface area contributed by atoms with E-state index in [1.54, 1.807) is 12.1 Å². The van der Waals surface area contributed by atoms with Crippen LogP contribution in [0.1, 0.15) is 50.3 Å². The molecule has 0 saturated carbocycles. The van der Waals surface area contributed by atoms with Gasteiger partial charge in [-0.05, 0) is 38.8 Å². The monoisotopic (exact) mass is 426 g/mol. The lowest BCUT2D eigenvalue weighted by Gasteiger charge is -2.36. The Balaban J connectivity index is 1.42. The Morgan fingerprint density at radius 2 is 1.97 bits per heavy atom. The highest BCUT2D eigenvalue weighted by Gasteiger charge is 2.30. The molecule has 2 aliphatic heterocycles. The van der Waals surface area contributed by atoms with Gasteiger partial charge in [-0.3, -0.25) is 9.69 Å². The first-order valence-corrected chi connectivity index (χ1v) is 11.0. The third kappa shape index (κ3) is 5.63. The van der Waals surface area contributed by atoms with E-state index in [2.05, 4.69) is 24.1 Å². The first-order chi connectivity index (χ1) is 14.9. The molecule has 2 aromatic rings. The van der Waals surface area contributed by atoms with Gasteiger partial charge >= 0.3 is 0 Å². The minimum absolute atomic E-state index is 0.0450. The van der Waals surface area contributed by atoms with Gasteiger partial charge in [-0.2, -0.15) is 0 Å². The SMILES string of the molecule is CC1(C)CC(NC(=O)CCN2Cc3ccccc3OC(c3ccccc3F)C2)CCO1. The molecule has 0 radical (unpaired) electrons. The van der Waals surface area contributed by atoms with E-state index in [0.717, 1.165) is 24.2 Å². The van der Waals surface area contributed by atoms with Crippen molar-refractivity contribution in [1.29, 1.82) is 0 Å². The van der Waals surface area contributed by atoms with Crippen molar-refractivity contribution in [3.05, 3.63) is 65.5 Å². The summed E-state index contributed by atoms with van der Waals surface area (Å²) in [5.41, 5.74) is 1.39. The van der Waals surface area contributed by atoms with Crippen LogP contribution in [0.4, 0.5) is 4.39 Å². The number of hydrogen-bond acceptors (Lipinski definition) is 4. The average Bonchev–Trinajstić information content (AvgIpc) is 2.91. The van der Waals surface area contributed by atoms with Crippen molar-refractivity contribution in [2.75, 3.05) is 19.7 Å². The van der Waals surface area contributed by atoms with Crippen LogP contribution >= 0.6 is 0 Å². The molecule has 1 N–H and O–H groups in total. The summed E-state index contributed by atoms with van der Waals surface area (Å²) >= 11 is 0. The van der Waals surface area contributed by atoms with Gasteiger partial charge in [0.25, 0.3) is 0 Å². The normalized spacial score (nSPS) is 23.3. The summed E-state index contributed by atoms with van der Waals surface area (Å²) in [5, 5.41) is 3.16. The molecular formula is C25H31FN2O3. The number of ether oxygens (including phenoxy) is 2. The maximum absolute atomic E-state index is 14.5. The van der Waals surface area contributed by atoms with Crippen LogP contribution in [-0.2, 0) is 16.1 Å². The molecule has 1 fully saturated rings. The molecule has 5 nitrogen and oxygen atoms in total. The molecule has 2 aromatic carbocycles. The highest BCUT2D eigenvalue weighted by Crippen LogP contribution is 2.32. The third-order valence-corrected chi connectivity index (χ3v) is 6.03. The van der Waals surface area contributed by atoms with E-state index in [-0.39, 0.29) is 23.4 Å². The molecule has 2 aliphatic rings. The van der Waals surface area contributed by atoms with Crippen molar-refractivity contribution in [2.45, 2.75) is 57.4 Å². The number of nitrogens with one attached hydrogen (secondary N) is 1.